The SMILES string of the molecule is CCCCC1(C(=O)O)CCC(CC)CC1. The molecule has 1 saturated carbocycles. The smallest absolute Gasteiger partial charge is 0.309 e. The fourth-order valence-electron chi connectivity index (χ4n) is 2.72. The summed E-state index contributed by atoms with van der Waals surface area (Å²) < 4.78 is 0. The predicted molar refractivity (Wildman–Crippen MR) is 61.8 cm³/mol. The van der Waals surface area contributed by atoms with Gasteiger partial charge in [0.2, 0.25) is 0 Å². The second-order valence-corrected chi connectivity index (χ2v) is 5.04. The second kappa shape index (κ2) is 5.53. The maximum Gasteiger partial charge on any atom is 0.309 e. The first-order chi connectivity index (χ1) is 7.14. The minimum atomic E-state index is -0.550. The Morgan fingerprint density at radius 1 is 1.33 bits per heavy atom. The van der Waals surface area contributed by atoms with Crippen LogP contribution in [0.25, 0.3) is 0 Å². The van der Waals surface area contributed by atoms with Gasteiger partial charge in [0.05, 0.1) is 5.41 Å². The summed E-state index contributed by atoms with van der Waals surface area (Å²) >= 11 is 0. The minimum absolute atomic E-state index is 0.373. The van der Waals surface area contributed by atoms with Gasteiger partial charge in [-0.15, -0.1) is 0 Å². The Balaban J connectivity index is 2.56. The number of carboxylic acids is 1. The highest BCUT2D eigenvalue weighted by molar-refractivity contribution is 5.74. The molecule has 0 aromatic carbocycles. The first-order valence-electron chi connectivity index (χ1n) is 6.38. The fourth-order valence-corrected chi connectivity index (χ4v) is 2.72. The van der Waals surface area contributed by atoms with Crippen molar-refractivity contribution in [3.05, 3.63) is 0 Å². The standard InChI is InChI=1S/C13H24O2/c1-3-5-8-13(12(14)15)9-6-11(4-2)7-10-13/h11H,3-10H2,1-2H3,(H,14,15). The zero-order chi connectivity index (χ0) is 11.3. The highest BCUT2D eigenvalue weighted by atomic mass is 16.4. The van der Waals surface area contributed by atoms with Gasteiger partial charge in [-0.3, -0.25) is 4.79 Å². The molecule has 0 heterocycles. The molecule has 0 bridgehead atoms. The van der Waals surface area contributed by atoms with Crippen molar-refractivity contribution in [2.24, 2.45) is 11.3 Å². The van der Waals surface area contributed by atoms with E-state index in [1.165, 1.54) is 6.42 Å². The molecule has 1 rings (SSSR count). The number of carbonyl (C=O) groups is 1. The van der Waals surface area contributed by atoms with Crippen LogP contribution in [-0.2, 0) is 4.79 Å². The summed E-state index contributed by atoms with van der Waals surface area (Å²) in [5, 5.41) is 9.37. The molecule has 2 nitrogen and oxygen atoms in total. The Hall–Kier alpha value is -0.530. The minimum Gasteiger partial charge on any atom is -0.481 e. The van der Waals surface area contributed by atoms with Crippen molar-refractivity contribution in [2.75, 3.05) is 0 Å². The number of hydrogen-bond acceptors (Lipinski definition) is 1. The number of carboxylic acid groups (broad SMARTS) is 1. The molecular formula is C13H24O2. The monoisotopic (exact) mass is 212 g/mol. The molecule has 88 valence electrons. The van der Waals surface area contributed by atoms with Gasteiger partial charge in [0.1, 0.15) is 0 Å². The lowest BCUT2D eigenvalue weighted by atomic mass is 9.67. The maximum atomic E-state index is 11.4. The van der Waals surface area contributed by atoms with Gasteiger partial charge in [0, 0.05) is 0 Å². The fraction of sp³-hybridized carbons (Fsp3) is 0.923. The third-order valence-corrected chi connectivity index (χ3v) is 4.10. The van der Waals surface area contributed by atoms with Crippen molar-refractivity contribution < 1.29 is 9.90 Å². The number of rotatable bonds is 5. The van der Waals surface area contributed by atoms with E-state index in [4.69, 9.17) is 0 Å². The summed E-state index contributed by atoms with van der Waals surface area (Å²) in [6.45, 7) is 4.34. The molecule has 0 amide bonds. The van der Waals surface area contributed by atoms with Gasteiger partial charge in [-0.25, -0.2) is 0 Å². The van der Waals surface area contributed by atoms with E-state index in [1.54, 1.807) is 0 Å². The van der Waals surface area contributed by atoms with E-state index in [-0.39, 0.29) is 5.41 Å². The van der Waals surface area contributed by atoms with Gasteiger partial charge in [-0.1, -0.05) is 33.1 Å². The molecule has 2 heteroatoms. The highest BCUT2D eigenvalue weighted by Crippen LogP contribution is 2.43. The predicted octanol–water partition coefficient (Wildman–Crippen LogP) is 3.85. The lowest BCUT2D eigenvalue weighted by Gasteiger charge is -2.36. The van der Waals surface area contributed by atoms with Crippen LogP contribution in [0, 0.1) is 11.3 Å². The molecule has 1 aliphatic rings. The van der Waals surface area contributed by atoms with Crippen LogP contribution in [0.1, 0.15) is 65.2 Å². The van der Waals surface area contributed by atoms with Crippen molar-refractivity contribution in [3.8, 4) is 0 Å². The number of aliphatic carboxylic acids is 1. The van der Waals surface area contributed by atoms with Gasteiger partial charge in [0.25, 0.3) is 0 Å². The van der Waals surface area contributed by atoms with E-state index in [0.717, 1.165) is 50.9 Å². The lowest BCUT2D eigenvalue weighted by Crippen LogP contribution is -2.35. The Morgan fingerprint density at radius 3 is 2.33 bits per heavy atom. The molecule has 0 unspecified atom stereocenters. The van der Waals surface area contributed by atoms with Gasteiger partial charge >= 0.3 is 5.97 Å². The Labute approximate surface area is 93.1 Å². The molecule has 1 fully saturated rings. The van der Waals surface area contributed by atoms with Crippen LogP contribution in [0.5, 0.6) is 0 Å². The summed E-state index contributed by atoms with van der Waals surface area (Å²) in [4.78, 5) is 11.4. The number of unbranched alkanes of at least 4 members (excludes halogenated alkanes) is 1. The third kappa shape index (κ3) is 2.96. The summed E-state index contributed by atoms with van der Waals surface area (Å²) in [6.07, 6.45) is 8.30. The molecule has 1 N–H and O–H groups in total. The zero-order valence-corrected chi connectivity index (χ0v) is 10.1. The van der Waals surface area contributed by atoms with E-state index >= 15 is 0 Å². The van der Waals surface area contributed by atoms with Crippen LogP contribution in [0.3, 0.4) is 0 Å². The van der Waals surface area contributed by atoms with Crippen molar-refractivity contribution in [3.63, 3.8) is 0 Å². The molecule has 15 heavy (non-hydrogen) atoms. The topological polar surface area (TPSA) is 37.3 Å². The summed E-state index contributed by atoms with van der Waals surface area (Å²) in [5.41, 5.74) is -0.373. The normalized spacial score (nSPS) is 31.5. The highest BCUT2D eigenvalue weighted by Gasteiger charge is 2.40. The van der Waals surface area contributed by atoms with Crippen LogP contribution in [0.15, 0.2) is 0 Å². The van der Waals surface area contributed by atoms with E-state index < -0.39 is 5.97 Å². The second-order valence-electron chi connectivity index (χ2n) is 5.04. The molecule has 0 aliphatic heterocycles. The first kappa shape index (κ1) is 12.5. The summed E-state index contributed by atoms with van der Waals surface area (Å²) in [5.74, 6) is 0.226. The lowest BCUT2D eigenvalue weighted by molar-refractivity contribution is -0.152. The molecular weight excluding hydrogens is 188 g/mol. The van der Waals surface area contributed by atoms with Crippen molar-refractivity contribution in [2.45, 2.75) is 65.2 Å². The van der Waals surface area contributed by atoms with Crippen LogP contribution in [0.2, 0.25) is 0 Å². The largest absolute Gasteiger partial charge is 0.481 e. The average Bonchev–Trinajstić information content (AvgIpc) is 2.27. The van der Waals surface area contributed by atoms with Gasteiger partial charge < -0.3 is 5.11 Å². The van der Waals surface area contributed by atoms with E-state index in [2.05, 4.69) is 13.8 Å². The van der Waals surface area contributed by atoms with Crippen molar-refractivity contribution in [1.29, 1.82) is 0 Å². The molecule has 1 aliphatic carbocycles. The molecule has 0 spiro atoms. The van der Waals surface area contributed by atoms with E-state index in [1.807, 2.05) is 0 Å². The Morgan fingerprint density at radius 2 is 1.93 bits per heavy atom. The first-order valence-corrected chi connectivity index (χ1v) is 6.38. The Kier molecular flexibility index (Phi) is 4.62. The van der Waals surface area contributed by atoms with Crippen LogP contribution in [-0.4, -0.2) is 11.1 Å². The molecule has 0 aromatic rings. The average molecular weight is 212 g/mol. The van der Waals surface area contributed by atoms with Gasteiger partial charge in [-0.05, 0) is 38.0 Å². The van der Waals surface area contributed by atoms with Crippen LogP contribution in [0.4, 0.5) is 0 Å². The van der Waals surface area contributed by atoms with Gasteiger partial charge in [-0.2, -0.15) is 0 Å². The third-order valence-electron chi connectivity index (χ3n) is 4.10. The van der Waals surface area contributed by atoms with Crippen molar-refractivity contribution >= 4 is 5.97 Å². The zero-order valence-electron chi connectivity index (χ0n) is 10.1. The number of hydrogen-bond donors (Lipinski definition) is 1. The maximum absolute atomic E-state index is 11.4. The molecule has 0 aromatic heterocycles. The molecule has 0 radical (unpaired) electrons. The summed E-state index contributed by atoms with van der Waals surface area (Å²) in [7, 11) is 0. The quantitative estimate of drug-likeness (QED) is 0.751. The Bertz CT molecular complexity index is 203. The molecule has 0 atom stereocenters. The van der Waals surface area contributed by atoms with E-state index in [9.17, 15) is 9.90 Å². The van der Waals surface area contributed by atoms with Gasteiger partial charge in [0.15, 0.2) is 0 Å². The van der Waals surface area contributed by atoms with Crippen LogP contribution >= 0.6 is 0 Å². The summed E-state index contributed by atoms with van der Waals surface area (Å²) in [6, 6.07) is 0. The van der Waals surface area contributed by atoms with E-state index in [0.29, 0.717) is 0 Å². The van der Waals surface area contributed by atoms with Crippen molar-refractivity contribution in [1.82, 2.24) is 0 Å². The van der Waals surface area contributed by atoms with Crippen LogP contribution < -0.4 is 0 Å². The molecule has 0 saturated heterocycles.